The van der Waals surface area contributed by atoms with E-state index >= 15 is 0 Å². The Kier molecular flexibility index (Phi) is 4.04. The van der Waals surface area contributed by atoms with Crippen LogP contribution in [0.1, 0.15) is 27.2 Å². The molecule has 4 nitrogen and oxygen atoms in total. The maximum absolute atomic E-state index is 12.3. The smallest absolute Gasteiger partial charge is 0.414 e. The topological polar surface area (TPSA) is 38.8 Å². The second kappa shape index (κ2) is 5.41. The molecule has 0 spiro atoms. The van der Waals surface area contributed by atoms with E-state index in [4.69, 9.17) is 9.47 Å². The molecule has 0 radical (unpaired) electrons. The number of amides is 1. The maximum atomic E-state index is 12.3. The molecule has 0 N–H and O–H groups in total. The van der Waals surface area contributed by atoms with Crippen molar-refractivity contribution in [2.24, 2.45) is 0 Å². The minimum atomic E-state index is -0.504. The van der Waals surface area contributed by atoms with Crippen molar-refractivity contribution in [3.8, 4) is 5.75 Å². The molecule has 0 saturated carbocycles. The van der Waals surface area contributed by atoms with Gasteiger partial charge in [0, 0.05) is 11.0 Å². The predicted octanol–water partition coefficient (Wildman–Crippen LogP) is 3.97. The van der Waals surface area contributed by atoms with Gasteiger partial charge in [-0.1, -0.05) is 15.9 Å². The summed E-state index contributed by atoms with van der Waals surface area (Å²) >= 11 is 3.42. The molecule has 19 heavy (non-hydrogen) atoms. The fourth-order valence-electron chi connectivity index (χ4n) is 1.86. The van der Waals surface area contributed by atoms with E-state index < -0.39 is 5.60 Å². The van der Waals surface area contributed by atoms with Gasteiger partial charge in [-0.15, -0.1) is 0 Å². The third-order valence-corrected chi connectivity index (χ3v) is 3.10. The van der Waals surface area contributed by atoms with Gasteiger partial charge in [0.1, 0.15) is 11.4 Å². The SMILES string of the molecule is CC(C)(C)OC(=O)N1CCCOc2ccc(Br)cc21. The van der Waals surface area contributed by atoms with Gasteiger partial charge in [0.25, 0.3) is 0 Å². The van der Waals surface area contributed by atoms with E-state index in [1.54, 1.807) is 4.90 Å². The number of halogens is 1. The van der Waals surface area contributed by atoms with Crippen LogP contribution < -0.4 is 9.64 Å². The Labute approximate surface area is 121 Å². The molecule has 0 atom stereocenters. The zero-order valence-electron chi connectivity index (χ0n) is 11.4. The summed E-state index contributed by atoms with van der Waals surface area (Å²) in [5.41, 5.74) is 0.247. The van der Waals surface area contributed by atoms with Crippen LogP contribution in [0.5, 0.6) is 5.75 Å². The maximum Gasteiger partial charge on any atom is 0.414 e. The Morgan fingerprint density at radius 2 is 2.16 bits per heavy atom. The molecule has 1 aromatic rings. The highest BCUT2D eigenvalue weighted by Crippen LogP contribution is 2.34. The first-order chi connectivity index (χ1) is 8.87. The summed E-state index contributed by atoms with van der Waals surface area (Å²) in [5, 5.41) is 0. The summed E-state index contributed by atoms with van der Waals surface area (Å²) in [7, 11) is 0. The van der Waals surface area contributed by atoms with Crippen LogP contribution in [0.15, 0.2) is 22.7 Å². The van der Waals surface area contributed by atoms with Crippen molar-refractivity contribution in [2.45, 2.75) is 32.8 Å². The third kappa shape index (κ3) is 3.62. The summed E-state index contributed by atoms with van der Waals surface area (Å²) in [6.45, 7) is 6.79. The minimum Gasteiger partial charge on any atom is -0.491 e. The van der Waals surface area contributed by atoms with Gasteiger partial charge < -0.3 is 9.47 Å². The Morgan fingerprint density at radius 1 is 1.42 bits per heavy atom. The van der Waals surface area contributed by atoms with Crippen LogP contribution in [-0.2, 0) is 4.74 Å². The number of rotatable bonds is 0. The molecule has 1 aromatic carbocycles. The quantitative estimate of drug-likeness (QED) is 0.723. The summed E-state index contributed by atoms with van der Waals surface area (Å²) in [5.74, 6) is 0.714. The monoisotopic (exact) mass is 327 g/mol. The van der Waals surface area contributed by atoms with E-state index in [9.17, 15) is 4.79 Å². The van der Waals surface area contributed by atoms with Crippen molar-refractivity contribution >= 4 is 27.7 Å². The molecule has 104 valence electrons. The first kappa shape index (κ1) is 14.2. The van der Waals surface area contributed by atoms with Crippen molar-refractivity contribution in [1.82, 2.24) is 0 Å². The van der Waals surface area contributed by atoms with Crippen LogP contribution in [-0.4, -0.2) is 24.8 Å². The van der Waals surface area contributed by atoms with E-state index in [0.717, 1.165) is 16.6 Å². The first-order valence-corrected chi connectivity index (χ1v) is 7.09. The van der Waals surface area contributed by atoms with Crippen molar-refractivity contribution < 1.29 is 14.3 Å². The minimum absolute atomic E-state index is 0.336. The van der Waals surface area contributed by atoms with E-state index in [2.05, 4.69) is 15.9 Å². The Bertz CT molecular complexity index is 482. The lowest BCUT2D eigenvalue weighted by molar-refractivity contribution is 0.0581. The molecule has 0 bridgehead atoms. The zero-order valence-corrected chi connectivity index (χ0v) is 13.0. The molecule has 0 saturated heterocycles. The molecule has 1 aliphatic rings. The second-order valence-corrected chi connectivity index (χ2v) is 6.36. The Balaban J connectivity index is 2.31. The number of nitrogens with zero attached hydrogens (tertiary/aromatic N) is 1. The van der Waals surface area contributed by atoms with Crippen molar-refractivity contribution in [2.75, 3.05) is 18.1 Å². The Hall–Kier alpha value is -1.23. The molecule has 1 aliphatic heterocycles. The molecule has 0 unspecified atom stereocenters. The average Bonchev–Trinajstić information content (AvgIpc) is 2.48. The van der Waals surface area contributed by atoms with Gasteiger partial charge in [0.15, 0.2) is 0 Å². The lowest BCUT2D eigenvalue weighted by atomic mass is 10.2. The number of carbonyl (C=O) groups excluding carboxylic acids is 1. The number of hydrogen-bond donors (Lipinski definition) is 0. The van der Waals surface area contributed by atoms with Crippen molar-refractivity contribution in [3.63, 3.8) is 0 Å². The number of benzene rings is 1. The van der Waals surface area contributed by atoms with Gasteiger partial charge in [-0.3, -0.25) is 4.90 Å². The normalized spacial score (nSPS) is 15.3. The second-order valence-electron chi connectivity index (χ2n) is 5.45. The molecule has 5 heteroatoms. The van der Waals surface area contributed by atoms with Crippen LogP contribution in [0.4, 0.5) is 10.5 Å². The fraction of sp³-hybridized carbons (Fsp3) is 0.500. The van der Waals surface area contributed by atoms with Gasteiger partial charge in [-0.25, -0.2) is 4.79 Å². The third-order valence-electron chi connectivity index (χ3n) is 2.61. The van der Waals surface area contributed by atoms with Crippen LogP contribution in [0.25, 0.3) is 0 Å². The highest BCUT2D eigenvalue weighted by molar-refractivity contribution is 9.10. The molecule has 0 aromatic heterocycles. The van der Waals surface area contributed by atoms with E-state index in [0.29, 0.717) is 18.9 Å². The van der Waals surface area contributed by atoms with Crippen LogP contribution in [0, 0.1) is 0 Å². The highest BCUT2D eigenvalue weighted by atomic mass is 79.9. The van der Waals surface area contributed by atoms with Gasteiger partial charge in [0.05, 0.1) is 12.3 Å². The van der Waals surface area contributed by atoms with Gasteiger partial charge in [-0.2, -0.15) is 0 Å². The number of fused-ring (bicyclic) bond motifs is 1. The molecule has 1 amide bonds. The summed E-state index contributed by atoms with van der Waals surface area (Å²) in [6.07, 6.45) is 0.447. The van der Waals surface area contributed by atoms with Gasteiger partial charge >= 0.3 is 6.09 Å². The molecular weight excluding hydrogens is 310 g/mol. The predicted molar refractivity (Wildman–Crippen MR) is 77.8 cm³/mol. The lowest BCUT2D eigenvalue weighted by Gasteiger charge is -2.27. The van der Waals surface area contributed by atoms with Crippen molar-refractivity contribution in [3.05, 3.63) is 22.7 Å². The zero-order chi connectivity index (χ0) is 14.0. The summed E-state index contributed by atoms with van der Waals surface area (Å²) in [4.78, 5) is 13.9. The van der Waals surface area contributed by atoms with Crippen LogP contribution in [0.3, 0.4) is 0 Å². The molecule has 0 fully saturated rings. The Morgan fingerprint density at radius 3 is 2.84 bits per heavy atom. The average molecular weight is 328 g/mol. The number of ether oxygens (including phenoxy) is 2. The van der Waals surface area contributed by atoms with Crippen LogP contribution >= 0.6 is 15.9 Å². The molecule has 2 rings (SSSR count). The summed E-state index contributed by atoms with van der Waals surface area (Å²) in [6, 6.07) is 5.64. The van der Waals surface area contributed by atoms with E-state index in [1.165, 1.54) is 0 Å². The largest absolute Gasteiger partial charge is 0.491 e. The number of anilines is 1. The highest BCUT2D eigenvalue weighted by Gasteiger charge is 2.27. The lowest BCUT2D eigenvalue weighted by Crippen LogP contribution is -2.37. The number of hydrogen-bond acceptors (Lipinski definition) is 3. The van der Waals surface area contributed by atoms with Crippen molar-refractivity contribution in [1.29, 1.82) is 0 Å². The van der Waals surface area contributed by atoms with E-state index in [-0.39, 0.29) is 6.09 Å². The van der Waals surface area contributed by atoms with Crippen LogP contribution in [0.2, 0.25) is 0 Å². The molecular formula is C14H18BrNO3. The molecule has 0 aliphatic carbocycles. The first-order valence-electron chi connectivity index (χ1n) is 6.30. The summed E-state index contributed by atoms with van der Waals surface area (Å²) < 4.78 is 12.0. The standard InChI is InChI=1S/C14H18BrNO3/c1-14(2,3)19-13(17)16-7-4-8-18-12-6-5-10(15)9-11(12)16/h5-6,9H,4,7-8H2,1-3H3. The van der Waals surface area contributed by atoms with Gasteiger partial charge in [-0.05, 0) is 45.4 Å². The van der Waals surface area contributed by atoms with E-state index in [1.807, 2.05) is 39.0 Å². The van der Waals surface area contributed by atoms with Gasteiger partial charge in [0.2, 0.25) is 0 Å². The molecule has 1 heterocycles. The number of carbonyl (C=O) groups is 1. The fourth-order valence-corrected chi connectivity index (χ4v) is 2.20.